The van der Waals surface area contributed by atoms with E-state index in [2.05, 4.69) is 15.6 Å². The van der Waals surface area contributed by atoms with Crippen molar-refractivity contribution < 1.29 is 34.7 Å². The molecule has 5 heavy (non-hydrogen) atoms. The van der Waals surface area contributed by atoms with Crippen LogP contribution in [-0.4, -0.2) is 20.2 Å². The van der Waals surface area contributed by atoms with Crippen LogP contribution in [0.2, 0.25) is 0 Å². The van der Waals surface area contributed by atoms with Crippen LogP contribution in [0.15, 0.2) is 0 Å². The molecule has 0 N–H and O–H groups in total. The van der Waals surface area contributed by atoms with E-state index in [-0.39, 0.29) is 34.2 Å². The van der Waals surface area contributed by atoms with Crippen LogP contribution in [0.1, 0.15) is 6.92 Å². The first kappa shape index (κ1) is 9.50. The Morgan fingerprint density at radius 3 is 1.80 bits per heavy atom. The second kappa shape index (κ2) is 5.19. The van der Waals surface area contributed by atoms with Crippen molar-refractivity contribution in [3.8, 4) is 0 Å². The summed E-state index contributed by atoms with van der Waals surface area (Å²) in [5.41, 5.74) is 0. The van der Waals surface area contributed by atoms with Gasteiger partial charge in [-0.25, -0.2) is 0 Å². The Hall–Kier alpha value is 1.19. The largest absolute Gasteiger partial charge is 1.00 e. The van der Waals surface area contributed by atoms with Crippen molar-refractivity contribution in [3.05, 3.63) is 0 Å². The zero-order valence-corrected chi connectivity index (χ0v) is 7.03. The molecule has 24 valence electrons. The quantitative estimate of drug-likeness (QED) is 0.316. The molecular formula is C2H3NaOSe. The SMILES string of the molecule is CC([O-])=[Se].[Na+]. The summed E-state index contributed by atoms with van der Waals surface area (Å²) in [6.45, 7) is 1.47. The minimum Gasteiger partial charge on any atom is 1.00 e. The van der Waals surface area contributed by atoms with E-state index in [0.29, 0.717) is 0 Å². The van der Waals surface area contributed by atoms with E-state index in [0.717, 1.165) is 0 Å². The predicted molar refractivity (Wildman–Crippen MR) is 16.4 cm³/mol. The van der Waals surface area contributed by atoms with Gasteiger partial charge >= 0.3 is 61.8 Å². The van der Waals surface area contributed by atoms with Gasteiger partial charge in [-0.1, -0.05) is 0 Å². The Balaban J connectivity index is 0. The van der Waals surface area contributed by atoms with Crippen LogP contribution >= 0.6 is 0 Å². The van der Waals surface area contributed by atoms with Gasteiger partial charge in [0.2, 0.25) is 0 Å². The summed E-state index contributed by atoms with van der Waals surface area (Å²) in [5.74, 6) is 0. The maximum Gasteiger partial charge on any atom is 1.00 e. The Labute approximate surface area is 61.4 Å². The minimum atomic E-state index is 0. The molecule has 0 aliphatic heterocycles. The first-order valence-electron chi connectivity index (χ1n) is 0.908. The molecule has 0 unspecified atom stereocenters. The molecule has 1 nitrogen and oxygen atoms in total. The van der Waals surface area contributed by atoms with Gasteiger partial charge in [0.05, 0.1) is 0 Å². The first-order chi connectivity index (χ1) is 1.73. The van der Waals surface area contributed by atoms with Gasteiger partial charge in [-0.3, -0.25) is 0 Å². The normalized spacial score (nSPS) is 5.00. The molecule has 0 rings (SSSR count). The van der Waals surface area contributed by atoms with Crippen LogP contribution in [0.3, 0.4) is 0 Å². The van der Waals surface area contributed by atoms with Crippen molar-refractivity contribution in [2.24, 2.45) is 0 Å². The van der Waals surface area contributed by atoms with Gasteiger partial charge in [0.1, 0.15) is 0 Å². The third-order valence-electron chi connectivity index (χ3n) is 0. The summed E-state index contributed by atoms with van der Waals surface area (Å²) in [6, 6.07) is 0. The summed E-state index contributed by atoms with van der Waals surface area (Å²) < 4.78 is 0.0417. The van der Waals surface area contributed by atoms with E-state index in [9.17, 15) is 5.11 Å². The van der Waals surface area contributed by atoms with Crippen LogP contribution in [-0.2, 0) is 0 Å². The molecule has 0 aliphatic rings. The van der Waals surface area contributed by atoms with Crippen molar-refractivity contribution in [1.29, 1.82) is 0 Å². The molecule has 0 atom stereocenters. The first-order valence-corrected chi connectivity index (χ1v) is 1.76. The zero-order chi connectivity index (χ0) is 3.58. The molecule has 0 bridgehead atoms. The summed E-state index contributed by atoms with van der Waals surface area (Å²) in [4.78, 5) is 0. The second-order valence-corrected chi connectivity index (χ2v) is 1.70. The topological polar surface area (TPSA) is 23.1 Å². The molecule has 0 aromatic rings. The molecule has 0 aromatic carbocycles. The maximum absolute atomic E-state index is 9.39. The van der Waals surface area contributed by atoms with Crippen LogP contribution in [0.25, 0.3) is 0 Å². The molecule has 0 saturated carbocycles. The van der Waals surface area contributed by atoms with Gasteiger partial charge in [0.15, 0.2) is 0 Å². The van der Waals surface area contributed by atoms with Crippen LogP contribution in [0, 0.1) is 0 Å². The van der Waals surface area contributed by atoms with E-state index in [1.165, 1.54) is 6.92 Å². The van der Waals surface area contributed by atoms with E-state index in [1.807, 2.05) is 0 Å². The van der Waals surface area contributed by atoms with E-state index in [4.69, 9.17) is 0 Å². The van der Waals surface area contributed by atoms with Gasteiger partial charge in [-0.15, -0.1) is 0 Å². The molecule has 0 amide bonds. The molecule has 0 heterocycles. The van der Waals surface area contributed by atoms with Crippen molar-refractivity contribution >= 4 is 20.2 Å². The number of rotatable bonds is 0. The number of hydrogen-bond acceptors (Lipinski definition) is 1. The molecular weight excluding hydrogens is 142 g/mol. The van der Waals surface area contributed by atoms with Gasteiger partial charge in [-0.2, -0.15) is 0 Å². The predicted octanol–water partition coefficient (Wildman–Crippen LogP) is -4.33. The summed E-state index contributed by atoms with van der Waals surface area (Å²) in [5, 5.41) is 9.39. The Morgan fingerprint density at radius 1 is 1.80 bits per heavy atom. The number of hydrogen-bond donors (Lipinski definition) is 0. The Kier molecular flexibility index (Phi) is 9.86. The van der Waals surface area contributed by atoms with Crippen molar-refractivity contribution in [2.75, 3.05) is 0 Å². The standard InChI is InChI=1S/C2H4OSe.Na/c1-2(3)4;/h1H3,(H,3,4);/q;+1/p-1. The van der Waals surface area contributed by atoms with Crippen LogP contribution in [0.5, 0.6) is 0 Å². The van der Waals surface area contributed by atoms with Gasteiger partial charge in [-0.05, 0) is 0 Å². The zero-order valence-electron chi connectivity index (χ0n) is 3.32. The van der Waals surface area contributed by atoms with Crippen LogP contribution < -0.4 is 34.7 Å². The van der Waals surface area contributed by atoms with Crippen LogP contribution in [0.4, 0.5) is 0 Å². The molecule has 0 fully saturated rings. The van der Waals surface area contributed by atoms with Gasteiger partial charge in [0.25, 0.3) is 0 Å². The van der Waals surface area contributed by atoms with Crippen molar-refractivity contribution in [2.45, 2.75) is 6.92 Å². The van der Waals surface area contributed by atoms with Crippen molar-refractivity contribution in [1.82, 2.24) is 0 Å². The van der Waals surface area contributed by atoms with E-state index in [1.54, 1.807) is 0 Å². The fourth-order valence-corrected chi connectivity index (χ4v) is 0. The maximum atomic E-state index is 9.39. The molecule has 0 spiro atoms. The summed E-state index contributed by atoms with van der Waals surface area (Å²) >= 11 is 2.26. The molecule has 0 aromatic heterocycles. The van der Waals surface area contributed by atoms with Crippen molar-refractivity contribution in [3.63, 3.8) is 0 Å². The Morgan fingerprint density at radius 2 is 1.80 bits per heavy atom. The monoisotopic (exact) mass is 146 g/mol. The smallest absolute Gasteiger partial charge is 1.00 e. The van der Waals surface area contributed by atoms with E-state index >= 15 is 0 Å². The summed E-state index contributed by atoms with van der Waals surface area (Å²) in [7, 11) is 0. The third kappa shape index (κ3) is 37.3. The second-order valence-electron chi connectivity index (χ2n) is 0.492. The Bertz CT molecular complexity index is 32.6. The fourth-order valence-electron chi connectivity index (χ4n) is 0. The fraction of sp³-hybridized carbons (Fsp3) is 0.500. The minimum absolute atomic E-state index is 0. The average molecular weight is 145 g/mol. The van der Waals surface area contributed by atoms with Gasteiger partial charge in [0, 0.05) is 0 Å². The molecule has 0 aliphatic carbocycles. The van der Waals surface area contributed by atoms with E-state index < -0.39 is 0 Å². The average Bonchev–Trinajstić information content (AvgIpc) is 0.811. The molecule has 0 radical (unpaired) electrons. The third-order valence-corrected chi connectivity index (χ3v) is 0. The van der Waals surface area contributed by atoms with Gasteiger partial charge < -0.3 is 0 Å². The molecule has 3 heteroatoms. The molecule has 0 saturated heterocycles. The summed E-state index contributed by atoms with van der Waals surface area (Å²) in [6.07, 6.45) is 0.